The molecule has 4 heteroatoms. The van der Waals surface area contributed by atoms with Crippen molar-refractivity contribution >= 4 is 17.2 Å². The van der Waals surface area contributed by atoms with Gasteiger partial charge in [0, 0.05) is 18.2 Å². The fraction of sp³-hybridized carbons (Fsp3) is 0.556. The molecule has 1 heterocycles. The largest absolute Gasteiger partial charge is 0.393 e. The molecular formula is C9H15N3S. The van der Waals surface area contributed by atoms with Crippen molar-refractivity contribution in [3.8, 4) is 0 Å². The molecule has 0 aliphatic rings. The summed E-state index contributed by atoms with van der Waals surface area (Å²) >= 11 is 4.87. The van der Waals surface area contributed by atoms with Crippen molar-refractivity contribution in [1.82, 2.24) is 9.55 Å². The van der Waals surface area contributed by atoms with Crippen LogP contribution in [-0.2, 0) is 0 Å². The molecule has 1 aromatic heterocycles. The smallest absolute Gasteiger partial charge is 0.0954 e. The summed E-state index contributed by atoms with van der Waals surface area (Å²) < 4.78 is 2.11. The Morgan fingerprint density at radius 3 is 2.69 bits per heavy atom. The van der Waals surface area contributed by atoms with Crippen LogP contribution in [0.4, 0.5) is 0 Å². The number of nitrogens with two attached hydrogens (primary N) is 1. The number of aryl methyl sites for hydroxylation is 1. The van der Waals surface area contributed by atoms with Crippen LogP contribution in [0.2, 0.25) is 0 Å². The van der Waals surface area contributed by atoms with Crippen LogP contribution in [0.1, 0.15) is 30.8 Å². The third kappa shape index (κ3) is 2.28. The third-order valence-corrected chi connectivity index (χ3v) is 2.42. The van der Waals surface area contributed by atoms with Gasteiger partial charge in [0.2, 0.25) is 0 Å². The summed E-state index contributed by atoms with van der Waals surface area (Å²) in [5, 5.41) is 0. The first-order valence-corrected chi connectivity index (χ1v) is 4.71. The van der Waals surface area contributed by atoms with E-state index in [4.69, 9.17) is 18.0 Å². The van der Waals surface area contributed by atoms with Gasteiger partial charge in [-0.1, -0.05) is 12.2 Å². The predicted molar refractivity (Wildman–Crippen MR) is 57.8 cm³/mol. The molecule has 1 aromatic rings. The van der Waals surface area contributed by atoms with Crippen molar-refractivity contribution in [3.05, 3.63) is 17.7 Å². The zero-order chi connectivity index (χ0) is 10.0. The van der Waals surface area contributed by atoms with Crippen LogP contribution in [0, 0.1) is 13.8 Å². The summed E-state index contributed by atoms with van der Waals surface area (Å²) in [6.07, 6.45) is 2.57. The summed E-state index contributed by atoms with van der Waals surface area (Å²) in [6, 6.07) is 0.304. The molecule has 0 amide bonds. The fourth-order valence-electron chi connectivity index (χ4n) is 1.35. The first kappa shape index (κ1) is 10.2. The van der Waals surface area contributed by atoms with Gasteiger partial charge in [0.15, 0.2) is 0 Å². The lowest BCUT2D eigenvalue weighted by Crippen LogP contribution is -2.16. The van der Waals surface area contributed by atoms with E-state index in [0.717, 1.165) is 12.1 Å². The highest BCUT2D eigenvalue weighted by Crippen LogP contribution is 2.15. The molecular weight excluding hydrogens is 182 g/mol. The standard InChI is InChI=1S/C9H15N3S/c1-6(4-9(10)13)12-5-11-7(2)8(12)3/h5-6H,4H2,1-3H3,(H2,10,13). The summed E-state index contributed by atoms with van der Waals surface area (Å²) in [7, 11) is 0. The first-order chi connectivity index (χ1) is 6.02. The van der Waals surface area contributed by atoms with E-state index in [0.29, 0.717) is 11.0 Å². The fourth-order valence-corrected chi connectivity index (χ4v) is 1.59. The van der Waals surface area contributed by atoms with E-state index in [1.165, 1.54) is 5.69 Å². The van der Waals surface area contributed by atoms with E-state index in [1.807, 2.05) is 13.3 Å². The minimum Gasteiger partial charge on any atom is -0.393 e. The molecule has 0 aromatic carbocycles. The molecule has 0 saturated heterocycles. The Morgan fingerprint density at radius 1 is 1.69 bits per heavy atom. The zero-order valence-electron chi connectivity index (χ0n) is 8.24. The summed E-state index contributed by atoms with van der Waals surface area (Å²) in [6.45, 7) is 6.14. The zero-order valence-corrected chi connectivity index (χ0v) is 9.06. The van der Waals surface area contributed by atoms with Gasteiger partial charge in [-0.3, -0.25) is 0 Å². The summed E-state index contributed by atoms with van der Waals surface area (Å²) in [5.41, 5.74) is 7.73. The second kappa shape index (κ2) is 3.87. The maximum Gasteiger partial charge on any atom is 0.0954 e. The Balaban J connectivity index is 2.82. The minimum atomic E-state index is 0.304. The van der Waals surface area contributed by atoms with Gasteiger partial charge in [-0.2, -0.15) is 0 Å². The predicted octanol–water partition coefficient (Wildman–Crippen LogP) is 1.74. The van der Waals surface area contributed by atoms with E-state index < -0.39 is 0 Å². The van der Waals surface area contributed by atoms with Gasteiger partial charge < -0.3 is 10.3 Å². The number of thiocarbonyl (C=S) groups is 1. The minimum absolute atomic E-state index is 0.304. The number of rotatable bonds is 3. The normalized spacial score (nSPS) is 12.8. The van der Waals surface area contributed by atoms with Gasteiger partial charge in [0.25, 0.3) is 0 Å². The molecule has 0 bridgehead atoms. The van der Waals surface area contributed by atoms with Crippen molar-refractivity contribution in [3.63, 3.8) is 0 Å². The van der Waals surface area contributed by atoms with Crippen LogP contribution in [0.15, 0.2) is 6.33 Å². The first-order valence-electron chi connectivity index (χ1n) is 4.30. The molecule has 1 unspecified atom stereocenters. The van der Waals surface area contributed by atoms with Crippen molar-refractivity contribution in [2.24, 2.45) is 5.73 Å². The van der Waals surface area contributed by atoms with Gasteiger partial charge in [-0.15, -0.1) is 0 Å². The third-order valence-electron chi connectivity index (χ3n) is 2.26. The van der Waals surface area contributed by atoms with Gasteiger partial charge in [0.05, 0.1) is 17.0 Å². The van der Waals surface area contributed by atoms with Crippen LogP contribution in [0.25, 0.3) is 0 Å². The molecule has 3 nitrogen and oxygen atoms in total. The second-order valence-electron chi connectivity index (χ2n) is 3.34. The van der Waals surface area contributed by atoms with Crippen LogP contribution in [-0.4, -0.2) is 14.5 Å². The second-order valence-corrected chi connectivity index (χ2v) is 3.87. The number of imidazole rings is 1. The summed E-state index contributed by atoms with van der Waals surface area (Å²) in [4.78, 5) is 4.78. The van der Waals surface area contributed by atoms with E-state index >= 15 is 0 Å². The average molecular weight is 197 g/mol. The molecule has 0 radical (unpaired) electrons. The Bertz CT molecular complexity index is 317. The Labute approximate surface area is 84.0 Å². The highest BCUT2D eigenvalue weighted by molar-refractivity contribution is 7.80. The Kier molecular flexibility index (Phi) is 3.03. The Hall–Kier alpha value is -0.900. The van der Waals surface area contributed by atoms with Gasteiger partial charge in [0.1, 0.15) is 0 Å². The molecule has 1 atom stereocenters. The van der Waals surface area contributed by atoms with Crippen LogP contribution in [0.5, 0.6) is 0 Å². The maximum atomic E-state index is 5.49. The maximum absolute atomic E-state index is 5.49. The number of aromatic nitrogens is 2. The monoisotopic (exact) mass is 197 g/mol. The topological polar surface area (TPSA) is 43.8 Å². The Morgan fingerprint density at radius 2 is 2.31 bits per heavy atom. The van der Waals surface area contributed by atoms with Crippen LogP contribution in [0.3, 0.4) is 0 Å². The molecule has 0 fully saturated rings. The molecule has 0 aliphatic carbocycles. The van der Waals surface area contributed by atoms with E-state index in [9.17, 15) is 0 Å². The van der Waals surface area contributed by atoms with Gasteiger partial charge >= 0.3 is 0 Å². The van der Waals surface area contributed by atoms with Crippen LogP contribution >= 0.6 is 12.2 Å². The van der Waals surface area contributed by atoms with Crippen molar-refractivity contribution < 1.29 is 0 Å². The molecule has 2 N–H and O–H groups in total. The SMILES string of the molecule is Cc1ncn(C(C)CC(N)=S)c1C. The van der Waals surface area contributed by atoms with Crippen LogP contribution < -0.4 is 5.73 Å². The number of hydrogen-bond donors (Lipinski definition) is 1. The summed E-state index contributed by atoms with van der Waals surface area (Å²) in [5.74, 6) is 0. The molecule has 0 aliphatic heterocycles. The van der Waals surface area contributed by atoms with Crippen molar-refractivity contribution in [2.45, 2.75) is 33.2 Å². The highest BCUT2D eigenvalue weighted by atomic mass is 32.1. The quantitative estimate of drug-likeness (QED) is 0.751. The van der Waals surface area contributed by atoms with Crippen molar-refractivity contribution in [2.75, 3.05) is 0 Å². The number of hydrogen-bond acceptors (Lipinski definition) is 2. The lowest BCUT2D eigenvalue weighted by Gasteiger charge is -2.14. The lowest BCUT2D eigenvalue weighted by molar-refractivity contribution is 0.555. The van der Waals surface area contributed by atoms with Gasteiger partial charge in [-0.25, -0.2) is 4.98 Å². The number of nitrogens with zero attached hydrogens (tertiary/aromatic N) is 2. The van der Waals surface area contributed by atoms with Crippen molar-refractivity contribution in [1.29, 1.82) is 0 Å². The average Bonchev–Trinajstić information content (AvgIpc) is 2.31. The van der Waals surface area contributed by atoms with E-state index in [-0.39, 0.29) is 0 Å². The molecule has 72 valence electrons. The molecule has 0 saturated carbocycles. The van der Waals surface area contributed by atoms with E-state index in [1.54, 1.807) is 0 Å². The molecule has 0 spiro atoms. The van der Waals surface area contributed by atoms with Gasteiger partial charge in [-0.05, 0) is 20.8 Å². The lowest BCUT2D eigenvalue weighted by atomic mass is 10.2. The van der Waals surface area contributed by atoms with E-state index in [2.05, 4.69) is 23.4 Å². The molecule has 13 heavy (non-hydrogen) atoms. The highest BCUT2D eigenvalue weighted by Gasteiger charge is 2.09. The molecule has 1 rings (SSSR count).